The number of aryl methyl sites for hydroxylation is 2. The molecule has 2 aromatic carbocycles. The van der Waals surface area contributed by atoms with Crippen molar-refractivity contribution in [3.05, 3.63) is 53.6 Å². The van der Waals surface area contributed by atoms with Gasteiger partial charge in [-0.15, -0.1) is 0 Å². The third-order valence-electron chi connectivity index (χ3n) is 5.80. The molecule has 1 amide bonds. The van der Waals surface area contributed by atoms with Crippen LogP contribution in [0.3, 0.4) is 0 Å². The Morgan fingerprint density at radius 3 is 2.29 bits per heavy atom. The van der Waals surface area contributed by atoms with Crippen LogP contribution in [0.1, 0.15) is 24.5 Å². The molecule has 0 spiro atoms. The predicted octanol–water partition coefficient (Wildman–Crippen LogP) is 2.49. The minimum absolute atomic E-state index is 0.0373. The van der Waals surface area contributed by atoms with Gasteiger partial charge in [-0.25, -0.2) is 8.42 Å². The molecule has 0 unspecified atom stereocenters. The van der Waals surface area contributed by atoms with Crippen molar-refractivity contribution >= 4 is 15.9 Å². The molecule has 31 heavy (non-hydrogen) atoms. The van der Waals surface area contributed by atoms with Gasteiger partial charge in [-0.05, 0) is 73.7 Å². The first kappa shape index (κ1) is 21.6. The summed E-state index contributed by atoms with van der Waals surface area (Å²) in [6.07, 6.45) is 3.34. The molecular weight excluding hydrogens is 416 g/mol. The Hall–Kier alpha value is -2.58. The number of hydrogen-bond donors (Lipinski definition) is 0. The molecule has 1 saturated heterocycles. The number of carbonyl (C=O) groups excluding carboxylic acids is 1. The Balaban J connectivity index is 1.29. The average molecular weight is 445 g/mol. The smallest absolute Gasteiger partial charge is 0.260 e. The van der Waals surface area contributed by atoms with Crippen molar-refractivity contribution in [1.82, 2.24) is 9.21 Å². The van der Waals surface area contributed by atoms with Crippen LogP contribution in [-0.4, -0.2) is 62.9 Å². The van der Waals surface area contributed by atoms with Gasteiger partial charge in [0, 0.05) is 26.2 Å². The Bertz CT molecular complexity index is 1030. The number of amides is 1. The van der Waals surface area contributed by atoms with Gasteiger partial charge in [-0.3, -0.25) is 4.79 Å². The lowest BCUT2D eigenvalue weighted by Crippen LogP contribution is -2.51. The van der Waals surface area contributed by atoms with E-state index in [4.69, 9.17) is 9.47 Å². The highest BCUT2D eigenvalue weighted by Crippen LogP contribution is 2.26. The molecule has 1 aliphatic heterocycles. The SMILES string of the molecule is CCOc1ccc(S(=O)(=O)N2CCN(C(=O)COc3ccc4c(c3)CCC4)CC2)cc1. The summed E-state index contributed by atoms with van der Waals surface area (Å²) in [5, 5.41) is 0. The van der Waals surface area contributed by atoms with Crippen molar-refractivity contribution in [2.24, 2.45) is 0 Å². The maximum absolute atomic E-state index is 12.9. The molecule has 1 heterocycles. The van der Waals surface area contributed by atoms with Crippen molar-refractivity contribution in [2.75, 3.05) is 39.4 Å². The molecule has 7 nitrogen and oxygen atoms in total. The first-order chi connectivity index (χ1) is 15.0. The molecule has 4 rings (SSSR count). The van der Waals surface area contributed by atoms with Crippen molar-refractivity contribution in [3.63, 3.8) is 0 Å². The Morgan fingerprint density at radius 2 is 1.58 bits per heavy atom. The molecule has 0 bridgehead atoms. The summed E-state index contributed by atoms with van der Waals surface area (Å²) in [5.74, 6) is 1.23. The minimum atomic E-state index is -3.60. The van der Waals surface area contributed by atoms with E-state index in [1.807, 2.05) is 19.1 Å². The van der Waals surface area contributed by atoms with Gasteiger partial charge in [0.2, 0.25) is 10.0 Å². The number of ether oxygens (including phenoxy) is 2. The second-order valence-electron chi connectivity index (χ2n) is 7.76. The summed E-state index contributed by atoms with van der Waals surface area (Å²) in [6.45, 7) is 3.59. The van der Waals surface area contributed by atoms with Gasteiger partial charge < -0.3 is 14.4 Å². The Morgan fingerprint density at radius 1 is 0.903 bits per heavy atom. The summed E-state index contributed by atoms with van der Waals surface area (Å²) in [7, 11) is -3.60. The summed E-state index contributed by atoms with van der Waals surface area (Å²) in [4.78, 5) is 14.4. The maximum Gasteiger partial charge on any atom is 0.260 e. The third kappa shape index (κ3) is 4.85. The second-order valence-corrected chi connectivity index (χ2v) is 9.70. The van der Waals surface area contributed by atoms with E-state index >= 15 is 0 Å². The van der Waals surface area contributed by atoms with Crippen LogP contribution in [0.5, 0.6) is 11.5 Å². The molecule has 8 heteroatoms. The monoisotopic (exact) mass is 444 g/mol. The standard InChI is InChI=1S/C23H28N2O5S/c1-2-29-20-8-10-22(11-9-20)31(27,28)25-14-12-24(13-15-25)23(26)17-30-21-7-6-18-4-3-5-19(18)16-21/h6-11,16H,2-5,12-15,17H2,1H3. The number of nitrogens with zero attached hydrogens (tertiary/aromatic N) is 2. The van der Waals surface area contributed by atoms with Gasteiger partial charge in [-0.2, -0.15) is 4.31 Å². The zero-order valence-electron chi connectivity index (χ0n) is 17.7. The Kier molecular flexibility index (Phi) is 6.48. The number of benzene rings is 2. The van der Waals surface area contributed by atoms with E-state index < -0.39 is 10.0 Å². The van der Waals surface area contributed by atoms with E-state index in [1.54, 1.807) is 29.2 Å². The first-order valence-corrected chi connectivity index (χ1v) is 12.2. The molecule has 0 atom stereocenters. The van der Waals surface area contributed by atoms with Crippen molar-refractivity contribution in [1.29, 1.82) is 0 Å². The maximum atomic E-state index is 12.9. The lowest BCUT2D eigenvalue weighted by atomic mass is 10.1. The average Bonchev–Trinajstić information content (AvgIpc) is 3.26. The van der Waals surface area contributed by atoms with Crippen LogP contribution in [0.2, 0.25) is 0 Å². The van der Waals surface area contributed by atoms with E-state index in [0.29, 0.717) is 31.2 Å². The normalized spacial score (nSPS) is 16.7. The number of piperazine rings is 1. The highest BCUT2D eigenvalue weighted by molar-refractivity contribution is 7.89. The molecule has 0 saturated carbocycles. The highest BCUT2D eigenvalue weighted by atomic mass is 32.2. The Labute approximate surface area is 183 Å². The summed E-state index contributed by atoms with van der Waals surface area (Å²) in [6, 6.07) is 12.5. The molecule has 2 aromatic rings. The summed E-state index contributed by atoms with van der Waals surface area (Å²) < 4.78 is 38.3. The molecule has 1 aliphatic carbocycles. The van der Waals surface area contributed by atoms with E-state index in [-0.39, 0.29) is 30.5 Å². The topological polar surface area (TPSA) is 76.2 Å². The molecule has 0 radical (unpaired) electrons. The largest absolute Gasteiger partial charge is 0.494 e. The van der Waals surface area contributed by atoms with Gasteiger partial charge in [0.15, 0.2) is 6.61 Å². The fraction of sp³-hybridized carbons (Fsp3) is 0.435. The van der Waals surface area contributed by atoms with Crippen LogP contribution in [-0.2, 0) is 27.7 Å². The van der Waals surface area contributed by atoms with E-state index in [9.17, 15) is 13.2 Å². The molecular formula is C23H28N2O5S. The fourth-order valence-electron chi connectivity index (χ4n) is 4.08. The third-order valence-corrected chi connectivity index (χ3v) is 7.71. The van der Waals surface area contributed by atoms with Gasteiger partial charge in [0.1, 0.15) is 11.5 Å². The summed E-state index contributed by atoms with van der Waals surface area (Å²) >= 11 is 0. The van der Waals surface area contributed by atoms with Crippen LogP contribution in [0.25, 0.3) is 0 Å². The zero-order chi connectivity index (χ0) is 21.8. The quantitative estimate of drug-likeness (QED) is 0.656. The molecule has 0 N–H and O–H groups in total. The van der Waals surface area contributed by atoms with Crippen molar-refractivity contribution in [2.45, 2.75) is 31.1 Å². The van der Waals surface area contributed by atoms with Crippen molar-refractivity contribution in [3.8, 4) is 11.5 Å². The van der Waals surface area contributed by atoms with Gasteiger partial charge in [0.05, 0.1) is 11.5 Å². The van der Waals surface area contributed by atoms with Crippen LogP contribution in [0, 0.1) is 0 Å². The number of carbonyl (C=O) groups is 1. The van der Waals surface area contributed by atoms with Crippen LogP contribution < -0.4 is 9.47 Å². The molecule has 1 fully saturated rings. The minimum Gasteiger partial charge on any atom is -0.494 e. The fourth-order valence-corrected chi connectivity index (χ4v) is 5.50. The second kappa shape index (κ2) is 9.28. The number of fused-ring (bicyclic) bond motifs is 1. The predicted molar refractivity (Wildman–Crippen MR) is 117 cm³/mol. The molecule has 166 valence electrons. The highest BCUT2D eigenvalue weighted by Gasteiger charge is 2.30. The van der Waals surface area contributed by atoms with Gasteiger partial charge in [0.25, 0.3) is 5.91 Å². The number of hydrogen-bond acceptors (Lipinski definition) is 5. The lowest BCUT2D eigenvalue weighted by molar-refractivity contribution is -0.134. The lowest BCUT2D eigenvalue weighted by Gasteiger charge is -2.34. The van der Waals surface area contributed by atoms with E-state index in [1.165, 1.54) is 21.9 Å². The van der Waals surface area contributed by atoms with Crippen LogP contribution in [0.4, 0.5) is 0 Å². The molecule has 2 aliphatic rings. The van der Waals surface area contributed by atoms with Gasteiger partial charge in [-0.1, -0.05) is 6.07 Å². The zero-order valence-corrected chi connectivity index (χ0v) is 18.6. The number of sulfonamides is 1. The first-order valence-electron chi connectivity index (χ1n) is 10.7. The van der Waals surface area contributed by atoms with Crippen LogP contribution in [0.15, 0.2) is 47.4 Å². The van der Waals surface area contributed by atoms with Crippen LogP contribution >= 0.6 is 0 Å². The van der Waals surface area contributed by atoms with E-state index in [2.05, 4.69) is 6.07 Å². The number of rotatable bonds is 7. The van der Waals surface area contributed by atoms with E-state index in [0.717, 1.165) is 12.8 Å². The molecule has 0 aromatic heterocycles. The van der Waals surface area contributed by atoms with Crippen molar-refractivity contribution < 1.29 is 22.7 Å². The van der Waals surface area contributed by atoms with Gasteiger partial charge >= 0.3 is 0 Å². The summed E-state index contributed by atoms with van der Waals surface area (Å²) in [5.41, 5.74) is 2.67.